The van der Waals surface area contributed by atoms with Crippen molar-refractivity contribution >= 4 is 0 Å². The molecule has 3 heteroatoms. The summed E-state index contributed by atoms with van der Waals surface area (Å²) >= 11 is 0. The minimum absolute atomic E-state index is 0.00458. The van der Waals surface area contributed by atoms with Crippen LogP contribution in [0.25, 0.3) is 0 Å². The molecule has 0 aliphatic heterocycles. The van der Waals surface area contributed by atoms with Crippen molar-refractivity contribution < 1.29 is 9.84 Å². The molecule has 0 saturated heterocycles. The van der Waals surface area contributed by atoms with Crippen molar-refractivity contribution in [1.29, 1.82) is 0 Å². The molecular formula is C6H15NO2. The zero-order chi connectivity index (χ0) is 7.28. The molecule has 0 saturated carbocycles. The van der Waals surface area contributed by atoms with E-state index in [2.05, 4.69) is 5.32 Å². The molecule has 0 aliphatic carbocycles. The van der Waals surface area contributed by atoms with E-state index >= 15 is 0 Å². The number of likely N-dealkylation sites (N-methyl/N-ethyl adjacent to an activating group) is 1. The van der Waals surface area contributed by atoms with Crippen LogP contribution in [-0.4, -0.2) is 31.1 Å². The highest BCUT2D eigenvalue weighted by molar-refractivity contribution is 4.58. The third-order valence-electron chi connectivity index (χ3n) is 1.22. The zero-order valence-corrected chi connectivity index (χ0v) is 6.22. The Morgan fingerprint density at radius 3 is 2.56 bits per heavy atom. The number of ether oxygens (including phenoxy) is 1. The first kappa shape index (κ1) is 8.88. The topological polar surface area (TPSA) is 41.5 Å². The quantitative estimate of drug-likeness (QED) is 0.528. The molecule has 0 bridgehead atoms. The molecule has 0 aromatic heterocycles. The molecule has 2 N–H and O–H groups in total. The van der Waals surface area contributed by atoms with Crippen molar-refractivity contribution in [3.05, 3.63) is 0 Å². The van der Waals surface area contributed by atoms with Gasteiger partial charge in [0.2, 0.25) is 0 Å². The summed E-state index contributed by atoms with van der Waals surface area (Å²) in [5.41, 5.74) is 0. The van der Waals surface area contributed by atoms with Crippen molar-refractivity contribution in [2.24, 2.45) is 0 Å². The fourth-order valence-corrected chi connectivity index (χ4v) is 0.458. The first-order valence-corrected chi connectivity index (χ1v) is 3.19. The van der Waals surface area contributed by atoms with Gasteiger partial charge < -0.3 is 15.2 Å². The van der Waals surface area contributed by atoms with Crippen LogP contribution in [0.4, 0.5) is 0 Å². The fourth-order valence-electron chi connectivity index (χ4n) is 0.458. The second-order valence-electron chi connectivity index (χ2n) is 1.92. The van der Waals surface area contributed by atoms with Crippen LogP contribution in [-0.2, 0) is 4.74 Å². The van der Waals surface area contributed by atoms with E-state index in [9.17, 15) is 0 Å². The van der Waals surface area contributed by atoms with Gasteiger partial charge in [-0.2, -0.15) is 0 Å². The summed E-state index contributed by atoms with van der Waals surface area (Å²) in [6.45, 7) is 4.26. The maximum Gasteiger partial charge on any atom is 0.169 e. The molecule has 56 valence electrons. The summed E-state index contributed by atoms with van der Waals surface area (Å²) in [7, 11) is 1.78. The molecule has 0 aromatic carbocycles. The van der Waals surface area contributed by atoms with Gasteiger partial charge in [-0.25, -0.2) is 0 Å². The highest BCUT2D eigenvalue weighted by Crippen LogP contribution is 1.92. The molecule has 0 rings (SSSR count). The van der Waals surface area contributed by atoms with E-state index in [1.54, 1.807) is 7.05 Å². The molecule has 0 fully saturated rings. The molecule has 2 atom stereocenters. The average molecular weight is 133 g/mol. The number of aliphatic hydroxyl groups excluding tert-OH is 1. The summed E-state index contributed by atoms with van der Waals surface area (Å²) in [6, 6.07) is 0.00458. The van der Waals surface area contributed by atoms with E-state index < -0.39 is 6.29 Å². The largest absolute Gasteiger partial charge is 0.367 e. The summed E-state index contributed by atoms with van der Waals surface area (Å²) in [5.74, 6) is 0. The highest BCUT2D eigenvalue weighted by Gasteiger charge is 2.09. The van der Waals surface area contributed by atoms with Gasteiger partial charge in [-0.3, -0.25) is 0 Å². The SMILES string of the molecule is CCOC(O)[C@H](C)NC. The van der Waals surface area contributed by atoms with Crippen molar-refractivity contribution in [3.8, 4) is 0 Å². The molecule has 9 heavy (non-hydrogen) atoms. The van der Waals surface area contributed by atoms with Crippen molar-refractivity contribution in [2.45, 2.75) is 26.2 Å². The van der Waals surface area contributed by atoms with Crippen LogP contribution in [0.5, 0.6) is 0 Å². The Balaban J connectivity index is 3.32. The molecule has 0 aromatic rings. The van der Waals surface area contributed by atoms with Crippen LogP contribution in [0.3, 0.4) is 0 Å². The summed E-state index contributed by atoms with van der Waals surface area (Å²) in [5, 5.41) is 11.9. The average Bonchev–Trinajstić information content (AvgIpc) is 1.87. The second kappa shape index (κ2) is 4.73. The normalized spacial score (nSPS) is 17.3. The van der Waals surface area contributed by atoms with Gasteiger partial charge in [0.25, 0.3) is 0 Å². The van der Waals surface area contributed by atoms with Gasteiger partial charge in [-0.15, -0.1) is 0 Å². The van der Waals surface area contributed by atoms with Crippen LogP contribution in [0, 0.1) is 0 Å². The minimum Gasteiger partial charge on any atom is -0.367 e. The van der Waals surface area contributed by atoms with E-state index in [4.69, 9.17) is 9.84 Å². The van der Waals surface area contributed by atoms with Gasteiger partial charge in [0.15, 0.2) is 6.29 Å². The van der Waals surface area contributed by atoms with Gasteiger partial charge >= 0.3 is 0 Å². The lowest BCUT2D eigenvalue weighted by Crippen LogP contribution is -2.36. The van der Waals surface area contributed by atoms with Crippen molar-refractivity contribution in [1.82, 2.24) is 5.32 Å². The first-order valence-electron chi connectivity index (χ1n) is 3.19. The van der Waals surface area contributed by atoms with Crippen LogP contribution >= 0.6 is 0 Å². The van der Waals surface area contributed by atoms with E-state index in [0.717, 1.165) is 0 Å². The van der Waals surface area contributed by atoms with Crippen LogP contribution in [0.2, 0.25) is 0 Å². The number of aliphatic hydroxyl groups is 1. The van der Waals surface area contributed by atoms with Gasteiger partial charge in [-0.05, 0) is 20.9 Å². The maximum atomic E-state index is 9.03. The Morgan fingerprint density at radius 2 is 2.22 bits per heavy atom. The second-order valence-corrected chi connectivity index (χ2v) is 1.92. The number of hydrogen-bond donors (Lipinski definition) is 2. The molecule has 0 aliphatic rings. The molecule has 0 heterocycles. The third-order valence-corrected chi connectivity index (χ3v) is 1.22. The molecule has 3 nitrogen and oxygen atoms in total. The van der Waals surface area contributed by atoms with E-state index in [0.29, 0.717) is 6.61 Å². The predicted molar refractivity (Wildman–Crippen MR) is 36.2 cm³/mol. The van der Waals surface area contributed by atoms with Gasteiger partial charge in [-0.1, -0.05) is 0 Å². The molecular weight excluding hydrogens is 118 g/mol. The molecule has 0 amide bonds. The van der Waals surface area contributed by atoms with Crippen LogP contribution in [0.1, 0.15) is 13.8 Å². The van der Waals surface area contributed by atoms with Crippen LogP contribution in [0.15, 0.2) is 0 Å². The highest BCUT2D eigenvalue weighted by atomic mass is 16.6. The van der Waals surface area contributed by atoms with Crippen molar-refractivity contribution in [2.75, 3.05) is 13.7 Å². The number of rotatable bonds is 4. The predicted octanol–water partition coefficient (Wildman–Crippen LogP) is -0.0508. The summed E-state index contributed by atoms with van der Waals surface area (Å²) in [6.07, 6.45) is -0.681. The molecule has 0 radical (unpaired) electrons. The Labute approximate surface area is 56.0 Å². The standard InChI is InChI=1S/C6H15NO2/c1-4-9-6(8)5(2)7-3/h5-8H,4H2,1-3H3/t5-,6?/m0/s1. The minimum atomic E-state index is -0.681. The first-order chi connectivity index (χ1) is 4.22. The van der Waals surface area contributed by atoms with Crippen LogP contribution < -0.4 is 5.32 Å². The zero-order valence-electron chi connectivity index (χ0n) is 6.22. The smallest absolute Gasteiger partial charge is 0.169 e. The van der Waals surface area contributed by atoms with Gasteiger partial charge in [0.05, 0.1) is 6.04 Å². The van der Waals surface area contributed by atoms with Crippen molar-refractivity contribution in [3.63, 3.8) is 0 Å². The summed E-state index contributed by atoms with van der Waals surface area (Å²) < 4.78 is 4.89. The number of hydrogen-bond acceptors (Lipinski definition) is 3. The fraction of sp³-hybridized carbons (Fsp3) is 1.00. The molecule has 0 spiro atoms. The lowest BCUT2D eigenvalue weighted by Gasteiger charge is -2.16. The van der Waals surface area contributed by atoms with E-state index in [-0.39, 0.29) is 6.04 Å². The monoisotopic (exact) mass is 133 g/mol. The molecule has 1 unspecified atom stereocenters. The number of nitrogens with one attached hydrogen (secondary N) is 1. The van der Waals surface area contributed by atoms with Gasteiger partial charge in [0.1, 0.15) is 0 Å². The Morgan fingerprint density at radius 1 is 1.67 bits per heavy atom. The Kier molecular flexibility index (Phi) is 4.67. The van der Waals surface area contributed by atoms with E-state index in [1.165, 1.54) is 0 Å². The maximum absolute atomic E-state index is 9.03. The lowest BCUT2D eigenvalue weighted by atomic mass is 10.3. The lowest BCUT2D eigenvalue weighted by molar-refractivity contribution is -0.111. The Bertz CT molecular complexity index is 68.1. The van der Waals surface area contributed by atoms with Gasteiger partial charge in [0, 0.05) is 6.61 Å². The summed E-state index contributed by atoms with van der Waals surface area (Å²) in [4.78, 5) is 0. The Hall–Kier alpha value is -0.120. The third kappa shape index (κ3) is 3.46. The van der Waals surface area contributed by atoms with E-state index in [1.807, 2.05) is 13.8 Å².